The summed E-state index contributed by atoms with van der Waals surface area (Å²) in [5, 5.41) is 0.622. The van der Waals surface area contributed by atoms with Crippen LogP contribution in [0.25, 0.3) is 0 Å². The first kappa shape index (κ1) is 14.4. The van der Waals surface area contributed by atoms with Gasteiger partial charge < -0.3 is 10.2 Å². The highest BCUT2D eigenvalue weighted by atomic mass is 35.5. The summed E-state index contributed by atoms with van der Waals surface area (Å²) in [4.78, 5) is 4.42. The van der Waals surface area contributed by atoms with Gasteiger partial charge >= 0.3 is 0 Å². The Balaban J connectivity index is 2.13. The predicted molar refractivity (Wildman–Crippen MR) is 82.4 cm³/mol. The number of halogens is 1. The smallest absolute Gasteiger partial charge is 0.157 e. The zero-order chi connectivity index (χ0) is 14.4. The molecule has 104 valence electrons. The molecule has 0 saturated heterocycles. The van der Waals surface area contributed by atoms with E-state index in [0.29, 0.717) is 16.6 Å². The normalized spacial score (nSPS) is 12.8. The van der Waals surface area contributed by atoms with Crippen LogP contribution in [0.5, 0.6) is 5.75 Å². The average molecular weight is 290 g/mol. The van der Waals surface area contributed by atoms with E-state index in [1.807, 2.05) is 49.4 Å². The van der Waals surface area contributed by atoms with Crippen LogP contribution in [0.4, 0.5) is 5.69 Å². The quantitative estimate of drug-likeness (QED) is 0.393. The summed E-state index contributed by atoms with van der Waals surface area (Å²) in [6.07, 6.45) is -0.321. The van der Waals surface area contributed by atoms with Crippen molar-refractivity contribution in [2.45, 2.75) is 13.0 Å². The average Bonchev–Trinajstić information content (AvgIpc) is 2.45. The van der Waals surface area contributed by atoms with Crippen LogP contribution in [0.2, 0.25) is 5.02 Å². The highest BCUT2D eigenvalue weighted by Gasteiger charge is 2.11. The van der Waals surface area contributed by atoms with Gasteiger partial charge in [0.05, 0.1) is 5.69 Å². The molecule has 2 aromatic carbocycles. The molecule has 0 aromatic heterocycles. The Morgan fingerprint density at radius 2 is 1.95 bits per heavy atom. The lowest BCUT2D eigenvalue weighted by Gasteiger charge is -2.16. The van der Waals surface area contributed by atoms with Crippen LogP contribution >= 0.6 is 11.6 Å². The van der Waals surface area contributed by atoms with Crippen LogP contribution in [-0.4, -0.2) is 11.9 Å². The fourth-order valence-corrected chi connectivity index (χ4v) is 1.86. The fourth-order valence-electron chi connectivity index (χ4n) is 1.68. The van der Waals surface area contributed by atoms with Crippen LogP contribution in [-0.2, 0) is 0 Å². The number of hydrogen-bond acceptors (Lipinski definition) is 3. The van der Waals surface area contributed by atoms with Gasteiger partial charge in [-0.25, -0.2) is 10.8 Å². The molecule has 1 atom stereocenters. The predicted octanol–water partition coefficient (Wildman–Crippen LogP) is 3.30. The molecule has 0 aliphatic heterocycles. The third-order valence-electron chi connectivity index (χ3n) is 2.65. The molecule has 0 aliphatic carbocycles. The topological polar surface area (TPSA) is 59.6 Å². The Morgan fingerprint density at radius 1 is 1.20 bits per heavy atom. The third kappa shape index (κ3) is 3.98. The largest absolute Gasteiger partial charge is 0.483 e. The first-order chi connectivity index (χ1) is 9.69. The van der Waals surface area contributed by atoms with Gasteiger partial charge in [0.25, 0.3) is 0 Å². The minimum atomic E-state index is -0.321. The summed E-state index contributed by atoms with van der Waals surface area (Å²) in [6, 6.07) is 16.7. The van der Waals surface area contributed by atoms with Crippen molar-refractivity contribution in [3.8, 4) is 5.75 Å². The minimum absolute atomic E-state index is 0.321. The Bertz CT molecular complexity index is 587. The van der Waals surface area contributed by atoms with Crippen molar-refractivity contribution in [1.29, 1.82) is 0 Å². The third-order valence-corrected chi connectivity index (χ3v) is 2.88. The summed E-state index contributed by atoms with van der Waals surface area (Å²) in [5.41, 5.74) is 3.38. The summed E-state index contributed by atoms with van der Waals surface area (Å²) in [6.45, 7) is 1.86. The lowest BCUT2D eigenvalue weighted by molar-refractivity contribution is 0.282. The van der Waals surface area contributed by atoms with Crippen molar-refractivity contribution >= 4 is 23.1 Å². The van der Waals surface area contributed by atoms with Crippen molar-refractivity contribution in [1.82, 2.24) is 5.43 Å². The maximum atomic E-state index is 5.92. The van der Waals surface area contributed by atoms with E-state index in [2.05, 4.69) is 10.4 Å². The summed E-state index contributed by atoms with van der Waals surface area (Å²) < 4.78 is 5.76. The molecule has 0 radical (unpaired) electrons. The number of hydrogen-bond donors (Lipinski definition) is 2. The second-order valence-corrected chi connectivity index (χ2v) is 4.63. The number of nitrogens with zero attached hydrogens (tertiary/aromatic N) is 1. The van der Waals surface area contributed by atoms with E-state index in [9.17, 15) is 0 Å². The summed E-state index contributed by atoms with van der Waals surface area (Å²) >= 11 is 5.92. The molecule has 3 N–H and O–H groups in total. The Kier molecular flexibility index (Phi) is 4.98. The molecule has 0 fully saturated rings. The second kappa shape index (κ2) is 6.93. The second-order valence-electron chi connectivity index (χ2n) is 4.19. The highest BCUT2D eigenvalue weighted by Crippen LogP contribution is 2.19. The van der Waals surface area contributed by atoms with Gasteiger partial charge in [-0.05, 0) is 37.3 Å². The van der Waals surface area contributed by atoms with E-state index < -0.39 is 0 Å². The maximum absolute atomic E-state index is 5.92. The molecule has 5 heteroatoms. The zero-order valence-electron chi connectivity index (χ0n) is 11.1. The number of nitrogens with two attached hydrogens (primary N) is 1. The summed E-state index contributed by atoms with van der Waals surface area (Å²) in [5.74, 6) is 6.72. The molecule has 0 bridgehead atoms. The van der Waals surface area contributed by atoms with Crippen LogP contribution < -0.4 is 16.0 Å². The summed E-state index contributed by atoms with van der Waals surface area (Å²) in [7, 11) is 0. The number of amidine groups is 1. The highest BCUT2D eigenvalue weighted by molar-refractivity contribution is 6.30. The SMILES string of the molecule is CC(Oc1cccc(Cl)c1)C(=Nc1ccccc1)NN. The number of ether oxygens (including phenoxy) is 1. The van der Waals surface area contributed by atoms with Gasteiger partial charge in [-0.3, -0.25) is 0 Å². The lowest BCUT2D eigenvalue weighted by atomic mass is 10.3. The van der Waals surface area contributed by atoms with Gasteiger partial charge in [0.15, 0.2) is 11.9 Å². The van der Waals surface area contributed by atoms with Crippen LogP contribution in [0.15, 0.2) is 59.6 Å². The van der Waals surface area contributed by atoms with Crippen molar-refractivity contribution in [2.75, 3.05) is 0 Å². The van der Waals surface area contributed by atoms with E-state index in [0.717, 1.165) is 5.69 Å². The number of benzene rings is 2. The number of rotatable bonds is 4. The van der Waals surface area contributed by atoms with Gasteiger partial charge in [-0.15, -0.1) is 0 Å². The van der Waals surface area contributed by atoms with E-state index in [4.69, 9.17) is 22.2 Å². The molecule has 0 saturated carbocycles. The first-order valence-electron chi connectivity index (χ1n) is 6.21. The fraction of sp³-hybridized carbons (Fsp3) is 0.133. The molecule has 0 aliphatic rings. The van der Waals surface area contributed by atoms with Crippen LogP contribution in [0.3, 0.4) is 0 Å². The van der Waals surface area contributed by atoms with E-state index in [1.165, 1.54) is 0 Å². The van der Waals surface area contributed by atoms with Gasteiger partial charge in [0.2, 0.25) is 0 Å². The minimum Gasteiger partial charge on any atom is -0.483 e. The Hall–Kier alpha value is -2.04. The molecule has 0 heterocycles. The molecular formula is C15H16ClN3O. The maximum Gasteiger partial charge on any atom is 0.157 e. The molecule has 0 amide bonds. The number of para-hydroxylation sites is 1. The first-order valence-corrected chi connectivity index (χ1v) is 6.59. The molecule has 4 nitrogen and oxygen atoms in total. The van der Waals surface area contributed by atoms with Gasteiger partial charge in [0.1, 0.15) is 5.75 Å². The zero-order valence-corrected chi connectivity index (χ0v) is 11.8. The van der Waals surface area contributed by atoms with Crippen LogP contribution in [0, 0.1) is 0 Å². The lowest BCUT2D eigenvalue weighted by Crippen LogP contribution is -2.40. The molecular weight excluding hydrogens is 274 g/mol. The van der Waals surface area contributed by atoms with Gasteiger partial charge in [-0.2, -0.15) is 0 Å². The van der Waals surface area contributed by atoms with Crippen LogP contribution in [0.1, 0.15) is 6.92 Å². The Labute approximate surface area is 123 Å². The van der Waals surface area contributed by atoms with Crippen molar-refractivity contribution in [2.24, 2.45) is 10.8 Å². The molecule has 20 heavy (non-hydrogen) atoms. The molecule has 0 spiro atoms. The molecule has 2 aromatic rings. The van der Waals surface area contributed by atoms with Crippen molar-refractivity contribution in [3.05, 3.63) is 59.6 Å². The van der Waals surface area contributed by atoms with E-state index in [-0.39, 0.29) is 6.10 Å². The monoisotopic (exact) mass is 289 g/mol. The number of aliphatic imine (C=N–C) groups is 1. The van der Waals surface area contributed by atoms with Crippen molar-refractivity contribution in [3.63, 3.8) is 0 Å². The molecule has 1 unspecified atom stereocenters. The number of hydrazine groups is 1. The van der Waals surface area contributed by atoms with Gasteiger partial charge in [-0.1, -0.05) is 35.9 Å². The number of nitrogens with one attached hydrogen (secondary N) is 1. The Morgan fingerprint density at radius 3 is 2.60 bits per heavy atom. The van der Waals surface area contributed by atoms with Gasteiger partial charge in [0, 0.05) is 5.02 Å². The van der Waals surface area contributed by atoms with Crippen molar-refractivity contribution < 1.29 is 4.74 Å². The van der Waals surface area contributed by atoms with E-state index in [1.54, 1.807) is 12.1 Å². The van der Waals surface area contributed by atoms with E-state index >= 15 is 0 Å². The standard InChI is InChI=1S/C15H16ClN3O/c1-11(20-14-9-5-6-12(16)10-14)15(19-17)18-13-7-3-2-4-8-13/h2-11H,17H2,1H3,(H,18,19). The molecule has 2 rings (SSSR count).